The van der Waals surface area contributed by atoms with Gasteiger partial charge in [0.1, 0.15) is 6.54 Å². The van der Waals surface area contributed by atoms with Crippen LogP contribution in [-0.2, 0) is 16.0 Å². The minimum atomic E-state index is -0.0885. The van der Waals surface area contributed by atoms with Crippen LogP contribution in [0.5, 0.6) is 0 Å². The molecule has 0 saturated heterocycles. The Kier molecular flexibility index (Phi) is 7.26. The Balaban J connectivity index is 1.84. The summed E-state index contributed by atoms with van der Waals surface area (Å²) in [5.74, 6) is 0.0272. The van der Waals surface area contributed by atoms with Crippen LogP contribution in [0.15, 0.2) is 48.4 Å². The lowest BCUT2D eigenvalue weighted by molar-refractivity contribution is -0.141. The Morgan fingerprint density at radius 2 is 2.03 bits per heavy atom. The normalized spacial score (nSPS) is 15.7. The van der Waals surface area contributed by atoms with E-state index in [0.29, 0.717) is 19.5 Å². The fourth-order valence-corrected chi connectivity index (χ4v) is 4.75. The number of aryl methyl sites for hydroxylation is 1. The highest BCUT2D eigenvalue weighted by molar-refractivity contribution is 7.10. The number of rotatable bonds is 8. The third-order valence-corrected chi connectivity index (χ3v) is 6.45. The summed E-state index contributed by atoms with van der Waals surface area (Å²) in [5, 5.41) is 2.11. The van der Waals surface area contributed by atoms with Crippen LogP contribution in [0, 0.1) is 6.92 Å². The summed E-state index contributed by atoms with van der Waals surface area (Å²) < 4.78 is 0. The van der Waals surface area contributed by atoms with Gasteiger partial charge in [-0.3, -0.25) is 9.59 Å². The average Bonchev–Trinajstić information content (AvgIpc) is 3.20. The first-order chi connectivity index (χ1) is 14.0. The van der Waals surface area contributed by atoms with Gasteiger partial charge in [-0.15, -0.1) is 17.9 Å². The fourth-order valence-electron chi connectivity index (χ4n) is 3.84. The maximum absolute atomic E-state index is 13.3. The minimum Gasteiger partial charge on any atom is -0.330 e. The highest BCUT2D eigenvalue weighted by Crippen LogP contribution is 2.37. The maximum Gasteiger partial charge on any atom is 0.243 e. The highest BCUT2D eigenvalue weighted by Gasteiger charge is 2.33. The molecule has 1 aromatic heterocycles. The number of carbonyl (C=O) groups is 2. The molecule has 0 fully saturated rings. The Morgan fingerprint density at radius 1 is 1.28 bits per heavy atom. The van der Waals surface area contributed by atoms with Crippen LogP contribution < -0.4 is 0 Å². The Bertz CT molecular complexity index is 856. The molecular weight excluding hydrogens is 380 g/mol. The van der Waals surface area contributed by atoms with E-state index in [-0.39, 0.29) is 24.4 Å². The van der Waals surface area contributed by atoms with Crippen molar-refractivity contribution >= 4 is 23.2 Å². The van der Waals surface area contributed by atoms with Crippen LogP contribution in [0.2, 0.25) is 0 Å². The molecule has 0 unspecified atom stereocenters. The van der Waals surface area contributed by atoms with Gasteiger partial charge in [0.25, 0.3) is 0 Å². The average molecular weight is 411 g/mol. The first kappa shape index (κ1) is 21.3. The van der Waals surface area contributed by atoms with Crippen molar-refractivity contribution in [2.45, 2.75) is 45.6 Å². The van der Waals surface area contributed by atoms with Crippen molar-refractivity contribution in [2.75, 3.05) is 19.6 Å². The second-order valence-corrected chi connectivity index (χ2v) is 8.62. The SMILES string of the molecule is C=CCN(CC(=O)N1CCc2sccc2[C@@H]1c1ccc(C)cc1)C(=O)CCCC. The molecule has 29 heavy (non-hydrogen) atoms. The van der Waals surface area contributed by atoms with Crippen LogP contribution >= 0.6 is 11.3 Å². The first-order valence-electron chi connectivity index (χ1n) is 10.4. The quantitative estimate of drug-likeness (QED) is 0.590. The van der Waals surface area contributed by atoms with Crippen LogP contribution in [0.25, 0.3) is 0 Å². The molecule has 1 aliphatic heterocycles. The van der Waals surface area contributed by atoms with Crippen molar-refractivity contribution in [1.29, 1.82) is 0 Å². The van der Waals surface area contributed by atoms with Crippen LogP contribution in [0.1, 0.15) is 53.8 Å². The zero-order valence-corrected chi connectivity index (χ0v) is 18.2. The van der Waals surface area contributed by atoms with Gasteiger partial charge in [0.2, 0.25) is 11.8 Å². The topological polar surface area (TPSA) is 40.6 Å². The standard InChI is InChI=1S/C24H30N2O2S/c1-4-6-7-22(27)25(14-5-2)17-23(28)26-15-12-21-20(13-16-29-21)24(26)19-10-8-18(3)9-11-19/h5,8-11,13,16,24H,2,4,6-7,12,14-15,17H2,1,3H3/t24-/m0/s1. The van der Waals surface area contributed by atoms with Gasteiger partial charge in [-0.25, -0.2) is 0 Å². The summed E-state index contributed by atoms with van der Waals surface area (Å²) in [6, 6.07) is 10.5. The Morgan fingerprint density at radius 3 is 2.72 bits per heavy atom. The van der Waals surface area contributed by atoms with E-state index in [1.807, 2.05) is 4.90 Å². The van der Waals surface area contributed by atoms with Crippen molar-refractivity contribution in [1.82, 2.24) is 9.80 Å². The van der Waals surface area contributed by atoms with E-state index >= 15 is 0 Å². The number of amides is 2. The monoisotopic (exact) mass is 410 g/mol. The van der Waals surface area contributed by atoms with Crippen LogP contribution in [0.3, 0.4) is 0 Å². The molecule has 1 aromatic carbocycles. The van der Waals surface area contributed by atoms with Crippen molar-refractivity contribution in [3.8, 4) is 0 Å². The minimum absolute atomic E-state index is 0.000812. The molecule has 0 bridgehead atoms. The Labute approximate surface area is 177 Å². The molecule has 3 rings (SSSR count). The van der Waals surface area contributed by atoms with Crippen molar-refractivity contribution in [3.05, 3.63) is 69.9 Å². The fraction of sp³-hybridized carbons (Fsp3) is 0.417. The largest absolute Gasteiger partial charge is 0.330 e. The predicted molar refractivity (Wildman–Crippen MR) is 119 cm³/mol. The lowest BCUT2D eigenvalue weighted by atomic mass is 9.92. The lowest BCUT2D eigenvalue weighted by Crippen LogP contribution is -2.46. The summed E-state index contributed by atoms with van der Waals surface area (Å²) in [5.41, 5.74) is 3.54. The molecule has 5 heteroatoms. The van der Waals surface area contributed by atoms with Crippen LogP contribution in [0.4, 0.5) is 0 Å². The molecule has 1 aliphatic rings. The number of benzene rings is 1. The van der Waals surface area contributed by atoms with Gasteiger partial charge in [-0.2, -0.15) is 0 Å². The van der Waals surface area contributed by atoms with Crippen molar-refractivity contribution in [3.63, 3.8) is 0 Å². The number of thiophene rings is 1. The van der Waals surface area contributed by atoms with E-state index in [1.165, 1.54) is 16.0 Å². The highest BCUT2D eigenvalue weighted by atomic mass is 32.1. The molecule has 2 aromatic rings. The molecule has 0 saturated carbocycles. The molecule has 0 aliphatic carbocycles. The van der Waals surface area contributed by atoms with Gasteiger partial charge in [0.15, 0.2) is 0 Å². The van der Waals surface area contributed by atoms with Gasteiger partial charge in [-0.05, 0) is 42.3 Å². The molecule has 0 spiro atoms. The number of fused-ring (bicyclic) bond motifs is 1. The lowest BCUT2D eigenvalue weighted by Gasteiger charge is -2.37. The zero-order chi connectivity index (χ0) is 20.8. The molecule has 0 N–H and O–H groups in total. The summed E-state index contributed by atoms with van der Waals surface area (Å²) in [6.45, 7) is 9.08. The molecule has 154 valence electrons. The van der Waals surface area contributed by atoms with Gasteiger partial charge in [-0.1, -0.05) is 49.2 Å². The molecule has 2 heterocycles. The summed E-state index contributed by atoms with van der Waals surface area (Å²) in [7, 11) is 0. The third-order valence-electron chi connectivity index (χ3n) is 5.45. The zero-order valence-electron chi connectivity index (χ0n) is 17.4. The predicted octanol–water partition coefficient (Wildman–Crippen LogP) is 4.74. The molecule has 4 nitrogen and oxygen atoms in total. The van der Waals surface area contributed by atoms with E-state index in [2.05, 4.69) is 56.1 Å². The smallest absolute Gasteiger partial charge is 0.243 e. The molecule has 2 amide bonds. The molecular formula is C24H30N2O2S. The number of hydrogen-bond donors (Lipinski definition) is 0. The number of carbonyl (C=O) groups excluding carboxylic acids is 2. The van der Waals surface area contributed by atoms with Gasteiger partial charge >= 0.3 is 0 Å². The number of hydrogen-bond acceptors (Lipinski definition) is 3. The summed E-state index contributed by atoms with van der Waals surface area (Å²) in [4.78, 5) is 30.8. The van der Waals surface area contributed by atoms with E-state index < -0.39 is 0 Å². The second kappa shape index (κ2) is 9.88. The van der Waals surface area contributed by atoms with Gasteiger partial charge in [0.05, 0.1) is 6.04 Å². The maximum atomic E-state index is 13.3. The van der Waals surface area contributed by atoms with Gasteiger partial charge in [0, 0.05) is 24.4 Å². The van der Waals surface area contributed by atoms with E-state index in [1.54, 1.807) is 22.3 Å². The number of unbranched alkanes of at least 4 members (excludes halogenated alkanes) is 1. The summed E-state index contributed by atoms with van der Waals surface area (Å²) >= 11 is 1.76. The second-order valence-electron chi connectivity index (χ2n) is 7.62. The number of nitrogens with zero attached hydrogens (tertiary/aromatic N) is 2. The van der Waals surface area contributed by atoms with E-state index in [4.69, 9.17) is 0 Å². The molecule has 0 radical (unpaired) electrons. The van der Waals surface area contributed by atoms with E-state index in [9.17, 15) is 9.59 Å². The van der Waals surface area contributed by atoms with E-state index in [0.717, 1.165) is 24.8 Å². The van der Waals surface area contributed by atoms with Crippen molar-refractivity contribution in [2.24, 2.45) is 0 Å². The molecule has 1 atom stereocenters. The van der Waals surface area contributed by atoms with Crippen molar-refractivity contribution < 1.29 is 9.59 Å². The van der Waals surface area contributed by atoms with Crippen LogP contribution in [-0.4, -0.2) is 41.2 Å². The third kappa shape index (κ3) is 4.96. The summed E-state index contributed by atoms with van der Waals surface area (Å²) in [6.07, 6.45) is 4.85. The Hall–Kier alpha value is -2.40. The first-order valence-corrected chi connectivity index (χ1v) is 11.2. The van der Waals surface area contributed by atoms with Gasteiger partial charge < -0.3 is 9.80 Å².